The maximum Gasteiger partial charge on any atom is 0.254 e. The van der Waals surface area contributed by atoms with Gasteiger partial charge in [-0.2, -0.15) is 0 Å². The molecule has 0 atom stereocenters. The zero-order valence-electron chi connectivity index (χ0n) is 11.1. The molecule has 0 fully saturated rings. The normalized spacial score (nSPS) is 10.1. The van der Waals surface area contributed by atoms with Gasteiger partial charge in [-0.1, -0.05) is 48.5 Å². The minimum Gasteiger partial charge on any atom is -0.545 e. The van der Waals surface area contributed by atoms with Crippen LogP contribution in [0.4, 0.5) is 0 Å². The van der Waals surface area contributed by atoms with Crippen molar-refractivity contribution in [2.45, 2.75) is 6.54 Å². The van der Waals surface area contributed by atoms with E-state index in [1.54, 1.807) is 19.2 Å². The molecule has 0 saturated heterocycles. The van der Waals surface area contributed by atoms with Crippen molar-refractivity contribution in [2.75, 3.05) is 7.05 Å². The Morgan fingerprint density at radius 3 is 2.10 bits per heavy atom. The molecule has 2 rings (SSSR count). The highest BCUT2D eigenvalue weighted by atomic mass is 16.4. The van der Waals surface area contributed by atoms with Crippen LogP contribution < -0.4 is 5.11 Å². The van der Waals surface area contributed by atoms with Crippen LogP contribution in [-0.2, 0) is 6.54 Å². The Morgan fingerprint density at radius 2 is 1.50 bits per heavy atom. The molecule has 0 spiro atoms. The Bertz CT molecular complexity index is 623. The van der Waals surface area contributed by atoms with Gasteiger partial charge in [0.25, 0.3) is 5.91 Å². The van der Waals surface area contributed by atoms with Gasteiger partial charge >= 0.3 is 0 Å². The van der Waals surface area contributed by atoms with Gasteiger partial charge in [0.05, 0.1) is 5.97 Å². The molecule has 4 heteroatoms. The van der Waals surface area contributed by atoms with Crippen LogP contribution in [0.1, 0.15) is 26.3 Å². The highest BCUT2D eigenvalue weighted by molar-refractivity contribution is 6.04. The number of rotatable bonds is 4. The number of amides is 1. The van der Waals surface area contributed by atoms with E-state index < -0.39 is 5.97 Å². The van der Waals surface area contributed by atoms with Gasteiger partial charge in [0, 0.05) is 24.7 Å². The zero-order valence-corrected chi connectivity index (χ0v) is 11.1. The topological polar surface area (TPSA) is 60.4 Å². The van der Waals surface area contributed by atoms with Crippen LogP contribution in [0.3, 0.4) is 0 Å². The standard InChI is InChI=1S/C16H15NO3/c1-17(11-12-7-3-2-4-8-12)15(18)13-9-5-6-10-14(13)16(19)20/h2-10H,11H2,1H3,(H,19,20)/p-1. The van der Waals surface area contributed by atoms with E-state index in [-0.39, 0.29) is 17.0 Å². The Morgan fingerprint density at radius 1 is 0.950 bits per heavy atom. The molecule has 0 aliphatic heterocycles. The molecule has 0 aliphatic carbocycles. The fraction of sp³-hybridized carbons (Fsp3) is 0.125. The molecule has 0 heterocycles. The molecule has 1 amide bonds. The van der Waals surface area contributed by atoms with Crippen molar-refractivity contribution in [2.24, 2.45) is 0 Å². The summed E-state index contributed by atoms with van der Waals surface area (Å²) >= 11 is 0. The van der Waals surface area contributed by atoms with Gasteiger partial charge in [-0.3, -0.25) is 4.79 Å². The van der Waals surface area contributed by atoms with Gasteiger partial charge in [0.2, 0.25) is 0 Å². The smallest absolute Gasteiger partial charge is 0.254 e. The summed E-state index contributed by atoms with van der Waals surface area (Å²) in [5.41, 5.74) is 1.04. The molecular weight excluding hydrogens is 254 g/mol. The fourth-order valence-electron chi connectivity index (χ4n) is 1.98. The summed E-state index contributed by atoms with van der Waals surface area (Å²) in [5.74, 6) is -1.68. The third-order valence-electron chi connectivity index (χ3n) is 2.99. The average Bonchev–Trinajstić information content (AvgIpc) is 2.47. The fourth-order valence-corrected chi connectivity index (χ4v) is 1.98. The monoisotopic (exact) mass is 268 g/mol. The molecule has 0 aromatic heterocycles. The van der Waals surface area contributed by atoms with E-state index in [0.717, 1.165) is 5.56 Å². The number of carboxylic acid groups (broad SMARTS) is 1. The maximum atomic E-state index is 12.3. The summed E-state index contributed by atoms with van der Waals surface area (Å²) in [6, 6.07) is 15.6. The number of carbonyl (C=O) groups excluding carboxylic acids is 2. The van der Waals surface area contributed by atoms with Crippen molar-refractivity contribution >= 4 is 11.9 Å². The summed E-state index contributed by atoms with van der Waals surface area (Å²) in [5, 5.41) is 11.0. The predicted octanol–water partition coefficient (Wildman–Crippen LogP) is 1.32. The van der Waals surface area contributed by atoms with Crippen LogP contribution in [0.15, 0.2) is 54.6 Å². The second-order valence-corrected chi connectivity index (χ2v) is 4.48. The first-order chi connectivity index (χ1) is 9.59. The molecule has 102 valence electrons. The van der Waals surface area contributed by atoms with Crippen LogP contribution in [0.2, 0.25) is 0 Å². The van der Waals surface area contributed by atoms with Crippen molar-refractivity contribution < 1.29 is 14.7 Å². The SMILES string of the molecule is CN(Cc1ccccc1)C(=O)c1ccccc1C(=O)[O-]. The number of benzene rings is 2. The lowest BCUT2D eigenvalue weighted by Crippen LogP contribution is -2.30. The van der Waals surface area contributed by atoms with Crippen LogP contribution in [0.5, 0.6) is 0 Å². The number of nitrogens with zero attached hydrogens (tertiary/aromatic N) is 1. The van der Waals surface area contributed by atoms with Crippen molar-refractivity contribution in [1.82, 2.24) is 4.90 Å². The van der Waals surface area contributed by atoms with E-state index in [1.807, 2.05) is 30.3 Å². The highest BCUT2D eigenvalue weighted by Crippen LogP contribution is 2.12. The lowest BCUT2D eigenvalue weighted by molar-refractivity contribution is -0.255. The third-order valence-corrected chi connectivity index (χ3v) is 2.99. The van der Waals surface area contributed by atoms with Gasteiger partial charge in [-0.15, -0.1) is 0 Å². The molecular formula is C16H14NO3-. The summed E-state index contributed by atoms with van der Waals surface area (Å²) in [6.07, 6.45) is 0. The summed E-state index contributed by atoms with van der Waals surface area (Å²) in [7, 11) is 1.64. The van der Waals surface area contributed by atoms with E-state index in [0.29, 0.717) is 6.54 Å². The zero-order chi connectivity index (χ0) is 14.5. The van der Waals surface area contributed by atoms with Gasteiger partial charge in [0.1, 0.15) is 0 Å². The Kier molecular flexibility index (Phi) is 4.15. The van der Waals surface area contributed by atoms with E-state index in [2.05, 4.69) is 0 Å². The largest absolute Gasteiger partial charge is 0.545 e. The lowest BCUT2D eigenvalue weighted by Gasteiger charge is -2.19. The maximum absolute atomic E-state index is 12.3. The first-order valence-corrected chi connectivity index (χ1v) is 6.19. The molecule has 2 aromatic carbocycles. The number of aromatic carboxylic acids is 1. The third kappa shape index (κ3) is 3.03. The number of carbonyl (C=O) groups is 2. The Balaban J connectivity index is 2.21. The number of hydrogen-bond acceptors (Lipinski definition) is 3. The van der Waals surface area contributed by atoms with E-state index in [4.69, 9.17) is 0 Å². The van der Waals surface area contributed by atoms with Crippen molar-refractivity contribution in [3.05, 3.63) is 71.3 Å². The molecule has 0 aliphatic rings. The summed E-state index contributed by atoms with van der Waals surface area (Å²) in [6.45, 7) is 0.418. The van der Waals surface area contributed by atoms with Crippen molar-refractivity contribution in [3.8, 4) is 0 Å². The lowest BCUT2D eigenvalue weighted by atomic mass is 10.1. The molecule has 0 unspecified atom stereocenters. The van der Waals surface area contributed by atoms with Crippen LogP contribution >= 0.6 is 0 Å². The number of carboxylic acids is 1. The Hall–Kier alpha value is -2.62. The first kappa shape index (κ1) is 13.8. The Labute approximate surface area is 117 Å². The van der Waals surface area contributed by atoms with E-state index in [9.17, 15) is 14.7 Å². The highest BCUT2D eigenvalue weighted by Gasteiger charge is 2.15. The average molecular weight is 268 g/mol. The molecule has 0 bridgehead atoms. The minimum atomic E-state index is -1.35. The second kappa shape index (κ2) is 6.02. The molecule has 0 saturated carbocycles. The molecule has 20 heavy (non-hydrogen) atoms. The van der Waals surface area contributed by atoms with Gasteiger partial charge in [-0.25, -0.2) is 0 Å². The summed E-state index contributed by atoms with van der Waals surface area (Å²) in [4.78, 5) is 24.8. The summed E-state index contributed by atoms with van der Waals surface area (Å²) < 4.78 is 0. The van der Waals surface area contributed by atoms with Crippen LogP contribution in [0, 0.1) is 0 Å². The minimum absolute atomic E-state index is 0.0857. The van der Waals surface area contributed by atoms with E-state index >= 15 is 0 Å². The number of hydrogen-bond donors (Lipinski definition) is 0. The molecule has 0 radical (unpaired) electrons. The van der Waals surface area contributed by atoms with E-state index in [1.165, 1.54) is 17.0 Å². The van der Waals surface area contributed by atoms with Gasteiger partial charge in [-0.05, 0) is 11.6 Å². The quantitative estimate of drug-likeness (QED) is 0.840. The molecule has 0 N–H and O–H groups in total. The molecule has 2 aromatic rings. The second-order valence-electron chi connectivity index (χ2n) is 4.48. The molecule has 4 nitrogen and oxygen atoms in total. The van der Waals surface area contributed by atoms with Gasteiger partial charge in [0.15, 0.2) is 0 Å². The first-order valence-electron chi connectivity index (χ1n) is 6.19. The van der Waals surface area contributed by atoms with Crippen LogP contribution in [0.25, 0.3) is 0 Å². The predicted molar refractivity (Wildman–Crippen MR) is 73.0 cm³/mol. The van der Waals surface area contributed by atoms with Crippen molar-refractivity contribution in [3.63, 3.8) is 0 Å². The van der Waals surface area contributed by atoms with Crippen molar-refractivity contribution in [1.29, 1.82) is 0 Å². The van der Waals surface area contributed by atoms with Crippen LogP contribution in [-0.4, -0.2) is 23.8 Å². The van der Waals surface area contributed by atoms with Gasteiger partial charge < -0.3 is 14.8 Å².